The highest BCUT2D eigenvalue weighted by Gasteiger charge is 2.44. The molecule has 1 amide bonds. The maximum Gasteiger partial charge on any atom is 0.257 e. The Morgan fingerprint density at radius 3 is 2.43 bits per heavy atom. The van der Waals surface area contributed by atoms with Crippen LogP contribution in [0.3, 0.4) is 0 Å². The lowest BCUT2D eigenvalue weighted by atomic mass is 9.58. The summed E-state index contributed by atoms with van der Waals surface area (Å²) in [7, 11) is 10.9. The average molecular weight is 461 g/mol. The zero-order valence-electron chi connectivity index (χ0n) is 21.1. The number of carbonyl (C=O) groups is 1. The molecule has 8 nitrogen and oxygen atoms in total. The normalized spacial score (nSPS) is 16.5. The Kier molecular flexibility index (Phi) is 5.49. The molecule has 0 atom stereocenters. The van der Waals surface area contributed by atoms with E-state index >= 15 is 0 Å². The number of amides is 1. The van der Waals surface area contributed by atoms with Crippen LogP contribution >= 0.6 is 0 Å². The Hall–Kier alpha value is -3.55. The molecular weight excluding hydrogens is 434 g/mol. The van der Waals surface area contributed by atoms with Crippen LogP contribution in [0, 0.1) is 6.92 Å². The van der Waals surface area contributed by atoms with Crippen molar-refractivity contribution in [3.8, 4) is 11.4 Å². The summed E-state index contributed by atoms with van der Waals surface area (Å²) in [6.07, 6.45) is 7.39. The number of hydrogen-bond acceptors (Lipinski definition) is 6. The lowest BCUT2D eigenvalue weighted by molar-refractivity contribution is 0.102. The molecule has 1 saturated heterocycles. The van der Waals surface area contributed by atoms with Crippen LogP contribution in [0.1, 0.15) is 29.0 Å². The first-order valence-corrected chi connectivity index (χ1v) is 11.9. The molecule has 1 N–H and O–H groups in total. The summed E-state index contributed by atoms with van der Waals surface area (Å²) in [4.78, 5) is 33.7. The van der Waals surface area contributed by atoms with Crippen LogP contribution < -0.4 is 10.2 Å². The Bertz CT molecular complexity index is 1440. The largest absolute Gasteiger partial charge is 0.377 e. The van der Waals surface area contributed by atoms with Crippen LogP contribution in [0.5, 0.6) is 0 Å². The first-order valence-electron chi connectivity index (χ1n) is 11.9. The lowest BCUT2D eigenvalue weighted by Gasteiger charge is -2.43. The summed E-state index contributed by atoms with van der Waals surface area (Å²) < 4.78 is 2.00. The Balaban J connectivity index is 1.42. The number of nitrogens with one attached hydrogen (secondary N) is 1. The van der Waals surface area contributed by atoms with Crippen LogP contribution in [0.4, 0.5) is 11.6 Å². The van der Waals surface area contributed by atoms with E-state index < -0.39 is 0 Å². The van der Waals surface area contributed by atoms with Gasteiger partial charge in [-0.05, 0) is 54.7 Å². The van der Waals surface area contributed by atoms with Gasteiger partial charge in [-0.2, -0.15) is 0 Å². The van der Waals surface area contributed by atoms with Crippen molar-refractivity contribution in [3.63, 3.8) is 0 Å². The van der Waals surface area contributed by atoms with Crippen LogP contribution in [-0.4, -0.2) is 72.5 Å². The fourth-order valence-electron chi connectivity index (χ4n) is 5.11. The van der Waals surface area contributed by atoms with Gasteiger partial charge in [0.15, 0.2) is 0 Å². The molecule has 4 aromatic rings. The molecule has 0 unspecified atom stereocenters. The van der Waals surface area contributed by atoms with E-state index in [1.165, 1.54) is 0 Å². The molecule has 172 valence electrons. The van der Waals surface area contributed by atoms with Gasteiger partial charge in [0.25, 0.3) is 5.91 Å². The maximum absolute atomic E-state index is 13.1. The number of fused-ring (bicyclic) bond motifs is 1. The number of anilines is 2. The van der Waals surface area contributed by atoms with E-state index in [4.69, 9.17) is 4.98 Å². The van der Waals surface area contributed by atoms with Gasteiger partial charge in [0, 0.05) is 36.5 Å². The smallest absolute Gasteiger partial charge is 0.257 e. The molecule has 1 fully saturated rings. The highest BCUT2D eigenvalue weighted by Crippen LogP contribution is 2.37. The maximum atomic E-state index is 13.1. The van der Waals surface area contributed by atoms with Gasteiger partial charge in [-0.25, -0.2) is 19.9 Å². The Morgan fingerprint density at radius 1 is 1.00 bits per heavy atom. The third kappa shape index (κ3) is 4.22. The first kappa shape index (κ1) is 23.2. The van der Waals surface area contributed by atoms with Crippen molar-refractivity contribution in [1.29, 1.82) is 0 Å². The molecular formula is C23H27B4N7O. The van der Waals surface area contributed by atoms with Crippen LogP contribution in [0.2, 0.25) is 0 Å². The summed E-state index contributed by atoms with van der Waals surface area (Å²) in [5.74, 6) is 1.96. The predicted octanol–water partition coefficient (Wildman–Crippen LogP) is -0.574. The van der Waals surface area contributed by atoms with Crippen molar-refractivity contribution in [2.24, 2.45) is 7.05 Å². The van der Waals surface area contributed by atoms with Crippen LogP contribution in [0.25, 0.3) is 22.3 Å². The van der Waals surface area contributed by atoms with Crippen LogP contribution in [0.15, 0.2) is 48.9 Å². The standard InChI is InChI=1S/C23H27B4N7O/c1-13-29-12-18(33(13)2)16-4-3-15-11-30-19(10-17(15)31-16)32-21(35)14-5-8-28-20(9-14)34-22(24,25)6-7-23(34,26)27/h3-5,8-12H,6-7,24-27H2,1-2H3,(H,30,32,35). The summed E-state index contributed by atoms with van der Waals surface area (Å²) in [5, 5.41) is 3.78. The number of aromatic nitrogens is 5. The quantitative estimate of drug-likeness (QED) is 0.410. The minimum atomic E-state index is -0.228. The number of imidazole rings is 1. The third-order valence-corrected chi connectivity index (χ3v) is 7.09. The molecule has 5 heterocycles. The number of hydrogen-bond donors (Lipinski definition) is 1. The van der Waals surface area contributed by atoms with E-state index in [1.807, 2.05) is 42.9 Å². The van der Waals surface area contributed by atoms with Gasteiger partial charge < -0.3 is 14.8 Å². The molecule has 1 aliphatic heterocycles. The average Bonchev–Trinajstić information content (AvgIpc) is 3.26. The molecule has 0 aromatic carbocycles. The molecule has 4 aromatic heterocycles. The monoisotopic (exact) mass is 461 g/mol. The molecule has 0 radical (unpaired) electrons. The molecule has 35 heavy (non-hydrogen) atoms. The van der Waals surface area contributed by atoms with Crippen molar-refractivity contribution < 1.29 is 4.79 Å². The minimum absolute atomic E-state index is 0.0265. The zero-order chi connectivity index (χ0) is 25.0. The van der Waals surface area contributed by atoms with Gasteiger partial charge >= 0.3 is 0 Å². The fourth-order valence-corrected chi connectivity index (χ4v) is 5.11. The van der Waals surface area contributed by atoms with Gasteiger partial charge in [-0.1, -0.05) is 0 Å². The number of rotatable bonds is 4. The molecule has 12 heteroatoms. The third-order valence-electron chi connectivity index (χ3n) is 7.09. The molecule has 0 aliphatic carbocycles. The topological polar surface area (TPSA) is 88.8 Å². The second-order valence-electron chi connectivity index (χ2n) is 10.5. The Morgan fingerprint density at radius 2 is 1.74 bits per heavy atom. The van der Waals surface area contributed by atoms with E-state index in [9.17, 15) is 4.79 Å². The highest BCUT2D eigenvalue weighted by atomic mass is 16.1. The van der Waals surface area contributed by atoms with Gasteiger partial charge in [0.1, 0.15) is 48.8 Å². The van der Waals surface area contributed by atoms with E-state index in [1.54, 1.807) is 24.5 Å². The van der Waals surface area contributed by atoms with Crippen molar-refractivity contribution in [1.82, 2.24) is 24.5 Å². The van der Waals surface area contributed by atoms with Gasteiger partial charge in [0.2, 0.25) is 0 Å². The molecule has 1 aliphatic rings. The lowest BCUT2D eigenvalue weighted by Crippen LogP contribution is -2.56. The van der Waals surface area contributed by atoms with E-state index in [0.29, 0.717) is 11.4 Å². The van der Waals surface area contributed by atoms with E-state index in [0.717, 1.165) is 46.8 Å². The zero-order valence-corrected chi connectivity index (χ0v) is 21.1. The van der Waals surface area contributed by atoms with Crippen molar-refractivity contribution >= 4 is 59.8 Å². The number of nitrogens with zero attached hydrogens (tertiary/aromatic N) is 6. The summed E-state index contributed by atoms with van der Waals surface area (Å²) in [6, 6.07) is 9.34. The molecule has 0 bridgehead atoms. The summed E-state index contributed by atoms with van der Waals surface area (Å²) >= 11 is 0. The number of pyridine rings is 3. The molecule has 0 saturated carbocycles. The SMILES string of the molecule is BC1(B)CCC(B)(B)N1c1cc(C(=O)Nc2cc3nc(-c4cnc(C)n4C)ccc3cn2)ccn1. The van der Waals surface area contributed by atoms with Gasteiger partial charge in [-0.15, -0.1) is 0 Å². The van der Waals surface area contributed by atoms with Crippen molar-refractivity contribution in [2.45, 2.75) is 30.4 Å². The summed E-state index contributed by atoms with van der Waals surface area (Å²) in [5.41, 5.74) is 3.05. The van der Waals surface area contributed by atoms with Crippen LogP contribution in [-0.2, 0) is 7.05 Å². The first-order chi connectivity index (χ1) is 16.5. The van der Waals surface area contributed by atoms with E-state index in [2.05, 4.69) is 56.6 Å². The van der Waals surface area contributed by atoms with E-state index in [-0.39, 0.29) is 16.6 Å². The predicted molar refractivity (Wildman–Crippen MR) is 150 cm³/mol. The number of carbonyl (C=O) groups excluding carboxylic acids is 1. The minimum Gasteiger partial charge on any atom is -0.377 e. The second kappa shape index (κ2) is 8.29. The highest BCUT2D eigenvalue weighted by molar-refractivity contribution is 6.48. The second-order valence-corrected chi connectivity index (χ2v) is 10.5. The Labute approximate surface area is 208 Å². The van der Waals surface area contributed by atoms with Crippen molar-refractivity contribution in [2.75, 3.05) is 10.2 Å². The number of aryl methyl sites for hydroxylation is 1. The fraction of sp³-hybridized carbons (Fsp3) is 0.261. The summed E-state index contributed by atoms with van der Waals surface area (Å²) in [6.45, 7) is 1.96. The van der Waals surface area contributed by atoms with Gasteiger partial charge in [0.05, 0.1) is 23.1 Å². The van der Waals surface area contributed by atoms with Crippen molar-refractivity contribution in [3.05, 3.63) is 60.3 Å². The van der Waals surface area contributed by atoms with Gasteiger partial charge in [-0.3, -0.25) is 4.79 Å². The molecule has 5 rings (SSSR count). The molecule has 0 spiro atoms.